The number of amides is 2. The van der Waals surface area contributed by atoms with E-state index in [-0.39, 0.29) is 33.4 Å². The Morgan fingerprint density at radius 1 is 0.579 bits per heavy atom. The molecule has 0 aromatic heterocycles. The quantitative estimate of drug-likeness (QED) is 0.335. The molecule has 5 rings (SSSR count). The molecule has 2 amide bonds. The molecule has 0 N–H and O–H groups in total. The maximum Gasteiger partial charge on any atom is 0.238 e. The van der Waals surface area contributed by atoms with Crippen molar-refractivity contribution in [3.63, 3.8) is 0 Å². The number of nitrogens with zero attached hydrogens (tertiary/aromatic N) is 2. The first-order valence-electron chi connectivity index (χ1n) is 13.1. The molecule has 2 heterocycles. The Kier molecular flexibility index (Phi) is 7.16. The standard InChI is InChI=1S/C32H36N2O2S2/c1-31(2,3)23-15-11-21(12-16-23)29-33(27(35)19-37-29)25-9-7-8-10-26(25)34-28(36)20-38-30(34)22-13-17-24(18-14-22)32(4,5)6/h7-18,29-30H,19-20H2,1-6H3. The topological polar surface area (TPSA) is 40.6 Å². The maximum atomic E-state index is 13.3. The summed E-state index contributed by atoms with van der Waals surface area (Å²) in [5.41, 5.74) is 6.44. The minimum Gasteiger partial charge on any atom is -0.293 e. The largest absolute Gasteiger partial charge is 0.293 e. The van der Waals surface area contributed by atoms with E-state index in [9.17, 15) is 9.59 Å². The van der Waals surface area contributed by atoms with Crippen molar-refractivity contribution in [2.75, 3.05) is 21.3 Å². The zero-order valence-electron chi connectivity index (χ0n) is 23.0. The van der Waals surface area contributed by atoms with Crippen molar-refractivity contribution in [3.8, 4) is 0 Å². The fraction of sp³-hybridized carbons (Fsp3) is 0.375. The van der Waals surface area contributed by atoms with Crippen LogP contribution in [0.25, 0.3) is 0 Å². The van der Waals surface area contributed by atoms with Crippen molar-refractivity contribution in [2.45, 2.75) is 63.1 Å². The lowest BCUT2D eigenvalue weighted by Crippen LogP contribution is -2.33. The summed E-state index contributed by atoms with van der Waals surface area (Å²) in [5, 5.41) is -0.264. The molecular formula is C32H36N2O2S2. The molecule has 0 saturated carbocycles. The molecule has 2 unspecified atom stereocenters. The highest BCUT2D eigenvalue weighted by Gasteiger charge is 2.40. The van der Waals surface area contributed by atoms with E-state index in [2.05, 4.69) is 90.1 Å². The average Bonchev–Trinajstić information content (AvgIpc) is 3.45. The second kappa shape index (κ2) is 10.1. The fourth-order valence-corrected chi connectivity index (χ4v) is 7.37. The van der Waals surface area contributed by atoms with Gasteiger partial charge in [-0.1, -0.05) is 102 Å². The third kappa shape index (κ3) is 5.13. The van der Waals surface area contributed by atoms with Gasteiger partial charge in [-0.05, 0) is 45.2 Å². The van der Waals surface area contributed by atoms with Crippen LogP contribution < -0.4 is 9.80 Å². The van der Waals surface area contributed by atoms with E-state index in [1.807, 2.05) is 34.1 Å². The van der Waals surface area contributed by atoms with Crippen molar-refractivity contribution >= 4 is 46.7 Å². The van der Waals surface area contributed by atoms with Crippen LogP contribution in [0.15, 0.2) is 72.8 Å². The van der Waals surface area contributed by atoms with Gasteiger partial charge in [-0.25, -0.2) is 0 Å². The Hall–Kier alpha value is -2.70. The van der Waals surface area contributed by atoms with E-state index in [4.69, 9.17) is 0 Å². The van der Waals surface area contributed by atoms with Gasteiger partial charge in [-0.2, -0.15) is 0 Å². The van der Waals surface area contributed by atoms with Crippen molar-refractivity contribution in [1.29, 1.82) is 0 Å². The third-order valence-electron chi connectivity index (χ3n) is 7.26. The molecule has 2 saturated heterocycles. The van der Waals surface area contributed by atoms with Crippen LogP contribution in [0, 0.1) is 0 Å². The summed E-state index contributed by atoms with van der Waals surface area (Å²) in [6.45, 7) is 13.2. The van der Waals surface area contributed by atoms with Gasteiger partial charge < -0.3 is 0 Å². The Morgan fingerprint density at radius 2 is 0.921 bits per heavy atom. The van der Waals surface area contributed by atoms with Crippen LogP contribution in [0.1, 0.15) is 74.5 Å². The van der Waals surface area contributed by atoms with Crippen LogP contribution in [-0.2, 0) is 20.4 Å². The smallest absolute Gasteiger partial charge is 0.238 e. The van der Waals surface area contributed by atoms with Crippen LogP contribution in [0.3, 0.4) is 0 Å². The fourth-order valence-electron chi connectivity index (χ4n) is 5.03. The minimum atomic E-state index is -0.132. The molecule has 4 nitrogen and oxygen atoms in total. The summed E-state index contributed by atoms with van der Waals surface area (Å²) in [5.74, 6) is 0.969. The summed E-state index contributed by atoms with van der Waals surface area (Å²) in [6, 6.07) is 25.1. The summed E-state index contributed by atoms with van der Waals surface area (Å²) in [6.07, 6.45) is 0. The number of anilines is 2. The van der Waals surface area contributed by atoms with Crippen LogP contribution >= 0.6 is 23.5 Å². The lowest BCUT2D eigenvalue weighted by Gasteiger charge is -2.32. The molecule has 3 aromatic carbocycles. The number of hydrogen-bond donors (Lipinski definition) is 0. The number of carbonyl (C=O) groups excluding carboxylic acids is 2. The molecule has 0 aliphatic carbocycles. The van der Waals surface area contributed by atoms with Crippen LogP contribution in [0.4, 0.5) is 11.4 Å². The van der Waals surface area contributed by atoms with Gasteiger partial charge in [0.1, 0.15) is 10.7 Å². The van der Waals surface area contributed by atoms with Gasteiger partial charge in [-0.3, -0.25) is 19.4 Å². The van der Waals surface area contributed by atoms with E-state index >= 15 is 0 Å². The van der Waals surface area contributed by atoms with E-state index in [1.54, 1.807) is 23.5 Å². The molecule has 2 aliphatic rings. The van der Waals surface area contributed by atoms with Crippen molar-refractivity contribution in [3.05, 3.63) is 95.1 Å². The summed E-state index contributed by atoms with van der Waals surface area (Å²) in [7, 11) is 0. The molecule has 0 bridgehead atoms. The molecule has 6 heteroatoms. The number of carbonyl (C=O) groups is 2. The SMILES string of the molecule is CC(C)(C)c1ccc(C2SCC(=O)N2c2ccccc2N2C(=O)CSC2c2ccc(C(C)(C)C)cc2)cc1. The molecule has 0 radical (unpaired) electrons. The van der Waals surface area contributed by atoms with E-state index < -0.39 is 0 Å². The molecule has 38 heavy (non-hydrogen) atoms. The summed E-state index contributed by atoms with van der Waals surface area (Å²) < 4.78 is 0. The van der Waals surface area contributed by atoms with Gasteiger partial charge in [0, 0.05) is 0 Å². The summed E-state index contributed by atoms with van der Waals surface area (Å²) in [4.78, 5) is 30.4. The van der Waals surface area contributed by atoms with Crippen molar-refractivity contribution < 1.29 is 9.59 Å². The Morgan fingerprint density at radius 3 is 1.24 bits per heavy atom. The lowest BCUT2D eigenvalue weighted by molar-refractivity contribution is -0.116. The van der Waals surface area contributed by atoms with E-state index in [0.717, 1.165) is 22.5 Å². The zero-order valence-corrected chi connectivity index (χ0v) is 24.7. The first-order valence-corrected chi connectivity index (χ1v) is 15.2. The highest BCUT2D eigenvalue weighted by molar-refractivity contribution is 8.01. The van der Waals surface area contributed by atoms with E-state index in [0.29, 0.717) is 11.5 Å². The Balaban J connectivity index is 1.51. The zero-order chi connectivity index (χ0) is 27.2. The van der Waals surface area contributed by atoms with Crippen LogP contribution in [0.5, 0.6) is 0 Å². The monoisotopic (exact) mass is 544 g/mol. The maximum absolute atomic E-state index is 13.3. The second-order valence-electron chi connectivity index (χ2n) is 12.1. The minimum absolute atomic E-state index is 0.0668. The summed E-state index contributed by atoms with van der Waals surface area (Å²) >= 11 is 3.28. The van der Waals surface area contributed by atoms with Gasteiger partial charge in [0.05, 0.1) is 22.9 Å². The van der Waals surface area contributed by atoms with Gasteiger partial charge in [-0.15, -0.1) is 23.5 Å². The molecule has 2 fully saturated rings. The first kappa shape index (κ1) is 26.9. The second-order valence-corrected chi connectivity index (χ2v) is 14.2. The molecule has 198 valence electrons. The van der Waals surface area contributed by atoms with Gasteiger partial charge in [0.15, 0.2) is 0 Å². The van der Waals surface area contributed by atoms with E-state index in [1.165, 1.54) is 11.1 Å². The Labute approximate surface area is 235 Å². The predicted octanol–water partition coefficient (Wildman–Crippen LogP) is 7.84. The molecule has 0 spiro atoms. The molecule has 3 aromatic rings. The first-order chi connectivity index (χ1) is 17.9. The normalized spacial score (nSPS) is 20.5. The third-order valence-corrected chi connectivity index (χ3v) is 9.68. The van der Waals surface area contributed by atoms with Gasteiger partial charge >= 0.3 is 0 Å². The number of para-hydroxylation sites is 2. The Bertz CT molecular complexity index is 1230. The van der Waals surface area contributed by atoms with Crippen molar-refractivity contribution in [1.82, 2.24) is 0 Å². The van der Waals surface area contributed by atoms with Gasteiger partial charge in [0.2, 0.25) is 11.8 Å². The molecular weight excluding hydrogens is 508 g/mol. The highest BCUT2D eigenvalue weighted by atomic mass is 32.2. The van der Waals surface area contributed by atoms with Gasteiger partial charge in [0.25, 0.3) is 0 Å². The number of thioether (sulfide) groups is 2. The van der Waals surface area contributed by atoms with Crippen LogP contribution in [0.2, 0.25) is 0 Å². The number of hydrogen-bond acceptors (Lipinski definition) is 4. The number of rotatable bonds is 4. The predicted molar refractivity (Wildman–Crippen MR) is 162 cm³/mol. The number of benzene rings is 3. The lowest BCUT2D eigenvalue weighted by atomic mass is 9.86. The van der Waals surface area contributed by atoms with Crippen LogP contribution in [-0.4, -0.2) is 23.3 Å². The molecule has 2 aliphatic heterocycles. The average molecular weight is 545 g/mol. The highest BCUT2D eigenvalue weighted by Crippen LogP contribution is 2.49. The van der Waals surface area contributed by atoms with Crippen molar-refractivity contribution in [2.24, 2.45) is 0 Å². The molecule has 2 atom stereocenters.